The van der Waals surface area contributed by atoms with E-state index < -0.39 is 57.8 Å². The number of alkyl halides is 3. The number of piperidine rings is 2. The van der Waals surface area contributed by atoms with Crippen LogP contribution in [0.3, 0.4) is 0 Å². The molecule has 4 fully saturated rings. The first kappa shape index (κ1) is 56.6. The molecule has 9 rings (SSSR count). The first-order chi connectivity index (χ1) is 37.5. The van der Waals surface area contributed by atoms with E-state index in [0.29, 0.717) is 92.4 Å². The van der Waals surface area contributed by atoms with E-state index >= 15 is 4.39 Å². The Morgan fingerprint density at radius 3 is 2.13 bits per heavy atom. The number of thiocarbonyl (C=S) groups is 1. The first-order valence-corrected chi connectivity index (χ1v) is 27.7. The minimum atomic E-state index is -5.20. The van der Waals surface area contributed by atoms with E-state index in [0.717, 1.165) is 46.7 Å². The molecule has 79 heavy (non-hydrogen) atoms. The Kier molecular flexibility index (Phi) is 16.1. The zero-order valence-corrected chi connectivity index (χ0v) is 46.5. The van der Waals surface area contributed by atoms with Gasteiger partial charge in [0, 0.05) is 49.3 Å². The third-order valence-electron chi connectivity index (χ3n) is 15.7. The number of anilines is 2. The number of carbonyl (C=O) groups is 5. The van der Waals surface area contributed by atoms with Crippen LogP contribution >= 0.6 is 23.6 Å². The number of hydrogen-bond acceptors (Lipinski definition) is 11. The van der Waals surface area contributed by atoms with Crippen molar-refractivity contribution >= 4 is 69.6 Å². The van der Waals surface area contributed by atoms with Crippen LogP contribution in [0.4, 0.5) is 28.9 Å². The molecule has 0 spiro atoms. The fraction of sp³-hybridized carbons (Fsp3) is 0.431. The Bertz CT molecular complexity index is 3190. The Labute approximate surface area is 466 Å². The number of carbonyl (C=O) groups excluding carboxylic acids is 5. The van der Waals surface area contributed by atoms with Gasteiger partial charge in [-0.2, -0.15) is 18.4 Å². The number of aromatic nitrogens is 2. The van der Waals surface area contributed by atoms with E-state index in [2.05, 4.69) is 25.5 Å². The second-order valence-electron chi connectivity index (χ2n) is 22.2. The van der Waals surface area contributed by atoms with Gasteiger partial charge in [-0.25, -0.2) is 9.37 Å². The summed E-state index contributed by atoms with van der Waals surface area (Å²) in [5, 5.41) is 15.1. The molecule has 21 heteroatoms. The molecule has 0 radical (unpaired) electrons. The Hall–Kier alpha value is -7.15. The van der Waals surface area contributed by atoms with Gasteiger partial charge in [0.1, 0.15) is 23.2 Å². The third kappa shape index (κ3) is 11.5. The molecule has 0 aliphatic carbocycles. The third-order valence-corrected chi connectivity index (χ3v) is 17.0. The number of nitriles is 1. The summed E-state index contributed by atoms with van der Waals surface area (Å²) in [6, 6.07) is 20.3. The highest BCUT2D eigenvalue weighted by Crippen LogP contribution is 2.42. The summed E-state index contributed by atoms with van der Waals surface area (Å²) in [5.41, 5.74) is 1.39. The molecule has 1 unspecified atom stereocenters. The summed E-state index contributed by atoms with van der Waals surface area (Å²) in [7, 11) is 0. The summed E-state index contributed by atoms with van der Waals surface area (Å²) in [6.07, 6.45) is 0.316. The van der Waals surface area contributed by atoms with E-state index in [-0.39, 0.29) is 40.7 Å². The summed E-state index contributed by atoms with van der Waals surface area (Å²) in [6.45, 7) is 14.1. The fourth-order valence-corrected chi connectivity index (χ4v) is 12.5. The van der Waals surface area contributed by atoms with Crippen LogP contribution in [0.25, 0.3) is 21.7 Å². The van der Waals surface area contributed by atoms with Crippen molar-refractivity contribution in [3.8, 4) is 27.8 Å². The fourth-order valence-electron chi connectivity index (χ4n) is 11.2. The van der Waals surface area contributed by atoms with Crippen molar-refractivity contribution in [3.63, 3.8) is 0 Å². The lowest BCUT2D eigenvalue weighted by Crippen LogP contribution is -2.59. The average Bonchev–Trinajstić information content (AvgIpc) is 4.31. The number of nitrogens with zero attached hydrogens (tertiary/aromatic N) is 8. The molecule has 2 N–H and O–H groups in total. The Morgan fingerprint density at radius 1 is 0.861 bits per heavy atom. The lowest BCUT2D eigenvalue weighted by atomic mass is 9.84. The first-order valence-electron chi connectivity index (χ1n) is 26.4. The summed E-state index contributed by atoms with van der Waals surface area (Å²) < 4.78 is 57.0. The molecule has 6 heterocycles. The monoisotopic (exact) mass is 1120 g/mol. The van der Waals surface area contributed by atoms with E-state index in [1.54, 1.807) is 52.6 Å². The van der Waals surface area contributed by atoms with E-state index in [4.69, 9.17) is 12.2 Å². The van der Waals surface area contributed by atoms with Crippen LogP contribution in [0, 0.1) is 35.4 Å². The molecule has 4 saturated heterocycles. The predicted octanol–water partition coefficient (Wildman–Crippen LogP) is 9.28. The van der Waals surface area contributed by atoms with Crippen LogP contribution in [0.5, 0.6) is 0 Å². The zero-order chi connectivity index (χ0) is 56.7. The number of thiazole rings is 1. The van der Waals surface area contributed by atoms with Gasteiger partial charge in [0.05, 0.1) is 51.0 Å². The van der Waals surface area contributed by atoms with Gasteiger partial charge in [0.25, 0.3) is 11.8 Å². The van der Waals surface area contributed by atoms with Crippen LogP contribution in [0.2, 0.25) is 0 Å². The van der Waals surface area contributed by atoms with Gasteiger partial charge in [0.2, 0.25) is 17.7 Å². The highest BCUT2D eigenvalue weighted by molar-refractivity contribution is 7.81. The molecule has 0 saturated carbocycles. The summed E-state index contributed by atoms with van der Waals surface area (Å²) in [4.78, 5) is 87.2. The predicted molar refractivity (Wildman–Crippen MR) is 296 cm³/mol. The highest BCUT2D eigenvalue weighted by atomic mass is 32.1. The smallest absolute Gasteiger partial charge is 0.350 e. The molecule has 4 aliphatic rings. The maximum Gasteiger partial charge on any atom is 0.420 e. The van der Waals surface area contributed by atoms with E-state index in [1.165, 1.54) is 31.0 Å². The molecule has 5 aromatic rings. The maximum atomic E-state index is 15.5. The molecule has 414 valence electrons. The van der Waals surface area contributed by atoms with Gasteiger partial charge in [-0.3, -0.25) is 33.9 Å². The second kappa shape index (κ2) is 22.5. The Morgan fingerprint density at radius 2 is 1.53 bits per heavy atom. The van der Waals surface area contributed by atoms with Crippen LogP contribution < -0.4 is 20.4 Å². The van der Waals surface area contributed by atoms with E-state index in [9.17, 15) is 42.4 Å². The zero-order valence-electron chi connectivity index (χ0n) is 44.8. The quantitative estimate of drug-likeness (QED) is 0.0900. The van der Waals surface area contributed by atoms with Crippen LogP contribution in [-0.4, -0.2) is 116 Å². The maximum absolute atomic E-state index is 15.5. The molecule has 15 nitrogen and oxygen atoms in total. The summed E-state index contributed by atoms with van der Waals surface area (Å²) in [5.74, 6) is -3.53. The second-order valence-corrected chi connectivity index (χ2v) is 23.5. The lowest BCUT2D eigenvalue weighted by molar-refractivity contribution is -0.144. The average molecular weight is 1120 g/mol. The minimum Gasteiger partial charge on any atom is -0.350 e. The van der Waals surface area contributed by atoms with Crippen LogP contribution in [-0.2, 0) is 31.9 Å². The number of likely N-dealkylation sites (tertiary alicyclic amines) is 3. The standard InChI is InChI=1S/C58H62F4N10O5S2/c1-34-48(79-33-66-34)37-11-9-35(10-12-37)31-65-51(74)45-8-7-25-70(45)53(76)49(56(2,3)4)67-50(73)38-21-26-68(27-22-38)41-23-28-69(29-24-41)52(75)39-15-13-36(14-16-39)43-19-18-42(32-64-43)72-55(78)71(54(77)57(72,5)6)44-20-17-40(30-63)46(47(44)59)58(60,61)62/h9-20,32-33,38,41,45,49H,7-8,21-29,31H2,1-6H3,(H,65,74)(H,67,73)/t45-,49?/m0/s1. The lowest BCUT2D eigenvalue weighted by Gasteiger charge is -2.42. The largest absolute Gasteiger partial charge is 0.420 e. The number of halogens is 4. The van der Waals surface area contributed by atoms with Crippen molar-refractivity contribution in [3.05, 3.63) is 118 Å². The molecule has 4 aliphatic heterocycles. The van der Waals surface area contributed by atoms with Crippen LogP contribution in [0.15, 0.2) is 84.5 Å². The number of hydrogen-bond donors (Lipinski definition) is 2. The van der Waals surface area contributed by atoms with Gasteiger partial charge < -0.3 is 30.2 Å². The molecule has 0 bridgehead atoms. The number of pyridine rings is 1. The topological polar surface area (TPSA) is 175 Å². The summed E-state index contributed by atoms with van der Waals surface area (Å²) >= 11 is 7.16. The minimum absolute atomic E-state index is 0.100. The molecular weight excluding hydrogens is 1060 g/mol. The molecule has 3 aromatic carbocycles. The number of amides is 5. The molecular formula is C58H62F4N10O5S2. The number of benzene rings is 3. The van der Waals surface area contributed by atoms with Gasteiger partial charge in [-0.05, 0) is 138 Å². The number of aryl methyl sites for hydroxylation is 1. The van der Waals surface area contributed by atoms with Crippen molar-refractivity contribution in [2.24, 2.45) is 11.3 Å². The normalized spacial score (nSPS) is 18.9. The van der Waals surface area contributed by atoms with Crippen molar-refractivity contribution in [2.45, 2.75) is 116 Å². The highest BCUT2D eigenvalue weighted by Gasteiger charge is 2.52. The molecule has 2 aromatic heterocycles. The van der Waals surface area contributed by atoms with Crippen molar-refractivity contribution in [1.82, 2.24) is 35.3 Å². The van der Waals surface area contributed by atoms with Gasteiger partial charge in [-0.1, -0.05) is 57.2 Å². The van der Waals surface area contributed by atoms with Crippen molar-refractivity contribution in [1.29, 1.82) is 5.26 Å². The number of rotatable bonds is 12. The van der Waals surface area contributed by atoms with Crippen molar-refractivity contribution in [2.75, 3.05) is 42.5 Å². The van der Waals surface area contributed by atoms with Gasteiger partial charge in [-0.15, -0.1) is 11.3 Å². The van der Waals surface area contributed by atoms with Gasteiger partial charge in [0.15, 0.2) is 10.9 Å². The molecule has 2 atom stereocenters. The van der Waals surface area contributed by atoms with Crippen LogP contribution in [0.1, 0.15) is 106 Å². The number of nitrogens with one attached hydrogen (secondary N) is 2. The van der Waals surface area contributed by atoms with Gasteiger partial charge >= 0.3 is 6.18 Å². The SMILES string of the molecule is Cc1ncsc1-c1ccc(CNC(=O)[C@@H]2CCCN2C(=O)C(NC(=O)C2CCN(C3CCN(C(=O)c4ccc(-c5ccc(N6C(=S)N(c7ccc(C#N)c(C(F)(F)F)c7F)C(=O)C6(C)C)cn5)cc4)CC3)CC2)C(C)(C)C)cc1. The molecule has 5 amide bonds. The Balaban J connectivity index is 0.742. The van der Waals surface area contributed by atoms with E-state index in [1.807, 2.05) is 62.4 Å². The van der Waals surface area contributed by atoms with Crippen molar-refractivity contribution < 1.29 is 41.5 Å².